The van der Waals surface area contributed by atoms with E-state index < -0.39 is 5.60 Å². The molecule has 0 amide bonds. The number of aromatic nitrogens is 1. The largest absolute Gasteiger partial charge is 0.440 e. The Kier molecular flexibility index (Phi) is 2.78. The third-order valence-corrected chi connectivity index (χ3v) is 3.77. The average Bonchev–Trinajstić information content (AvgIpc) is 3.08. The minimum absolute atomic E-state index is 0.0419. The fourth-order valence-electron chi connectivity index (χ4n) is 1.97. The highest BCUT2D eigenvalue weighted by atomic mass is 16.3. The van der Waals surface area contributed by atoms with Crippen molar-refractivity contribution in [3.05, 3.63) is 24.1 Å². The molecule has 1 aliphatic carbocycles. The summed E-state index contributed by atoms with van der Waals surface area (Å²) in [5.74, 6) is 1.39. The Morgan fingerprint density at radius 1 is 1.42 bits per heavy atom. The maximum absolute atomic E-state index is 9.95. The van der Waals surface area contributed by atoms with Gasteiger partial charge >= 0.3 is 0 Å². The van der Waals surface area contributed by atoms with Crippen molar-refractivity contribution in [2.75, 3.05) is 5.32 Å². The third kappa shape index (κ3) is 2.59. The lowest BCUT2D eigenvalue weighted by Crippen LogP contribution is -2.39. The molecule has 0 aliphatic heterocycles. The van der Waals surface area contributed by atoms with E-state index in [-0.39, 0.29) is 6.04 Å². The SMILES string of the molecule is CC(Nc1ccc2oc(C3CC3)nc2c1)C(C)(C)O. The van der Waals surface area contributed by atoms with Gasteiger partial charge in [0, 0.05) is 11.6 Å². The number of rotatable bonds is 4. The number of benzene rings is 1. The van der Waals surface area contributed by atoms with Gasteiger partial charge in [0.05, 0.1) is 11.6 Å². The molecule has 102 valence electrons. The van der Waals surface area contributed by atoms with Crippen LogP contribution in [0.15, 0.2) is 22.6 Å². The summed E-state index contributed by atoms with van der Waals surface area (Å²) in [6, 6.07) is 5.84. The van der Waals surface area contributed by atoms with Crippen molar-refractivity contribution < 1.29 is 9.52 Å². The Labute approximate surface area is 112 Å². The standard InChI is InChI=1S/C15H20N2O2/c1-9(15(2,3)18)16-11-6-7-13-12(8-11)17-14(19-13)10-4-5-10/h6-10,16,18H,4-5H2,1-3H3. The number of anilines is 1. The van der Waals surface area contributed by atoms with Gasteiger partial charge in [-0.15, -0.1) is 0 Å². The molecule has 2 N–H and O–H groups in total. The normalized spacial score (nSPS) is 17.7. The predicted octanol–water partition coefficient (Wildman–Crippen LogP) is 3.28. The van der Waals surface area contributed by atoms with Gasteiger partial charge in [-0.05, 0) is 51.8 Å². The molecule has 1 atom stereocenters. The average molecular weight is 260 g/mol. The smallest absolute Gasteiger partial charge is 0.198 e. The van der Waals surface area contributed by atoms with Crippen molar-refractivity contribution in [3.63, 3.8) is 0 Å². The van der Waals surface area contributed by atoms with Crippen LogP contribution >= 0.6 is 0 Å². The molecule has 0 spiro atoms. The van der Waals surface area contributed by atoms with Crippen LogP contribution in [0.5, 0.6) is 0 Å². The van der Waals surface area contributed by atoms with Crippen molar-refractivity contribution in [2.45, 2.75) is 51.2 Å². The van der Waals surface area contributed by atoms with Crippen LogP contribution in [0.4, 0.5) is 5.69 Å². The van der Waals surface area contributed by atoms with E-state index in [2.05, 4.69) is 10.3 Å². The molecule has 4 heteroatoms. The van der Waals surface area contributed by atoms with Crippen LogP contribution < -0.4 is 5.32 Å². The van der Waals surface area contributed by atoms with Crippen molar-refractivity contribution >= 4 is 16.8 Å². The molecule has 3 rings (SSSR count). The minimum Gasteiger partial charge on any atom is -0.440 e. The van der Waals surface area contributed by atoms with Gasteiger partial charge in [0.15, 0.2) is 11.5 Å². The van der Waals surface area contributed by atoms with Crippen molar-refractivity contribution in [2.24, 2.45) is 0 Å². The number of nitrogens with one attached hydrogen (secondary N) is 1. The summed E-state index contributed by atoms with van der Waals surface area (Å²) in [6.45, 7) is 5.55. The zero-order chi connectivity index (χ0) is 13.6. The van der Waals surface area contributed by atoms with E-state index >= 15 is 0 Å². The van der Waals surface area contributed by atoms with E-state index in [1.165, 1.54) is 12.8 Å². The fraction of sp³-hybridized carbons (Fsp3) is 0.533. The van der Waals surface area contributed by atoms with E-state index in [0.717, 1.165) is 22.7 Å². The number of fused-ring (bicyclic) bond motifs is 1. The van der Waals surface area contributed by atoms with Crippen LogP contribution in [0.1, 0.15) is 45.4 Å². The first-order valence-corrected chi connectivity index (χ1v) is 6.83. The second-order valence-corrected chi connectivity index (χ2v) is 6.03. The monoisotopic (exact) mass is 260 g/mol. The van der Waals surface area contributed by atoms with Crippen LogP contribution in [0.3, 0.4) is 0 Å². The molecule has 1 aliphatic rings. The van der Waals surface area contributed by atoms with E-state index in [9.17, 15) is 5.11 Å². The number of hydrogen-bond donors (Lipinski definition) is 2. The van der Waals surface area contributed by atoms with Gasteiger partial charge in [-0.2, -0.15) is 0 Å². The lowest BCUT2D eigenvalue weighted by atomic mass is 10.0. The van der Waals surface area contributed by atoms with E-state index in [1.807, 2.05) is 25.1 Å². The maximum atomic E-state index is 9.95. The Balaban J connectivity index is 1.84. The molecular weight excluding hydrogens is 240 g/mol. The van der Waals surface area contributed by atoms with E-state index in [4.69, 9.17) is 4.42 Å². The molecule has 1 heterocycles. The lowest BCUT2D eigenvalue weighted by molar-refractivity contribution is 0.0649. The topological polar surface area (TPSA) is 58.3 Å². The molecule has 2 aromatic rings. The predicted molar refractivity (Wildman–Crippen MR) is 75.4 cm³/mol. The Morgan fingerprint density at radius 3 is 2.79 bits per heavy atom. The summed E-state index contributed by atoms with van der Waals surface area (Å²) < 4.78 is 5.73. The van der Waals surface area contributed by atoms with Gasteiger partial charge < -0.3 is 14.8 Å². The highest BCUT2D eigenvalue weighted by molar-refractivity contribution is 5.77. The van der Waals surface area contributed by atoms with Crippen molar-refractivity contribution in [3.8, 4) is 0 Å². The molecule has 0 saturated heterocycles. The third-order valence-electron chi connectivity index (χ3n) is 3.77. The van der Waals surface area contributed by atoms with Gasteiger partial charge in [0.2, 0.25) is 0 Å². The summed E-state index contributed by atoms with van der Waals surface area (Å²) >= 11 is 0. The van der Waals surface area contributed by atoms with Crippen molar-refractivity contribution in [1.29, 1.82) is 0 Å². The number of hydrogen-bond acceptors (Lipinski definition) is 4. The second-order valence-electron chi connectivity index (χ2n) is 6.03. The quantitative estimate of drug-likeness (QED) is 0.885. The second kappa shape index (κ2) is 4.23. The van der Waals surface area contributed by atoms with Gasteiger partial charge in [-0.3, -0.25) is 0 Å². The van der Waals surface area contributed by atoms with Crippen LogP contribution in [0.25, 0.3) is 11.1 Å². The van der Waals surface area contributed by atoms with Gasteiger partial charge in [-0.1, -0.05) is 0 Å². The number of nitrogens with zero attached hydrogens (tertiary/aromatic N) is 1. The zero-order valence-corrected chi connectivity index (χ0v) is 11.6. The first-order valence-electron chi connectivity index (χ1n) is 6.83. The summed E-state index contributed by atoms with van der Waals surface area (Å²) in [4.78, 5) is 4.54. The maximum Gasteiger partial charge on any atom is 0.198 e. The van der Waals surface area contributed by atoms with Gasteiger partial charge in [0.1, 0.15) is 5.52 Å². The molecule has 1 aromatic heterocycles. The molecule has 4 nitrogen and oxygen atoms in total. The summed E-state index contributed by atoms with van der Waals surface area (Å²) in [7, 11) is 0. The first kappa shape index (κ1) is 12.5. The molecular formula is C15H20N2O2. The summed E-state index contributed by atoms with van der Waals surface area (Å²) in [5.41, 5.74) is 1.91. The van der Waals surface area contributed by atoms with Crippen LogP contribution in [0, 0.1) is 0 Å². The Morgan fingerprint density at radius 2 is 2.16 bits per heavy atom. The number of oxazole rings is 1. The molecule has 0 radical (unpaired) electrons. The van der Waals surface area contributed by atoms with Gasteiger partial charge in [0.25, 0.3) is 0 Å². The number of aliphatic hydroxyl groups is 1. The van der Waals surface area contributed by atoms with Crippen molar-refractivity contribution in [1.82, 2.24) is 4.98 Å². The summed E-state index contributed by atoms with van der Waals surface area (Å²) in [5, 5.41) is 13.2. The Hall–Kier alpha value is -1.55. The first-order chi connectivity index (χ1) is 8.93. The zero-order valence-electron chi connectivity index (χ0n) is 11.6. The molecule has 0 bridgehead atoms. The fourth-order valence-corrected chi connectivity index (χ4v) is 1.97. The van der Waals surface area contributed by atoms with Crippen LogP contribution in [-0.2, 0) is 0 Å². The van der Waals surface area contributed by atoms with Crippen LogP contribution in [-0.4, -0.2) is 21.7 Å². The van der Waals surface area contributed by atoms with E-state index in [0.29, 0.717) is 5.92 Å². The van der Waals surface area contributed by atoms with Crippen LogP contribution in [0.2, 0.25) is 0 Å². The molecule has 1 unspecified atom stereocenters. The summed E-state index contributed by atoms with van der Waals surface area (Å²) in [6.07, 6.45) is 2.38. The highest BCUT2D eigenvalue weighted by Gasteiger charge is 2.29. The molecule has 19 heavy (non-hydrogen) atoms. The Bertz CT molecular complexity index is 594. The molecule has 1 saturated carbocycles. The molecule has 1 aromatic carbocycles. The van der Waals surface area contributed by atoms with E-state index in [1.54, 1.807) is 13.8 Å². The lowest BCUT2D eigenvalue weighted by Gasteiger charge is -2.27. The minimum atomic E-state index is -0.766. The highest BCUT2D eigenvalue weighted by Crippen LogP contribution is 2.40. The van der Waals surface area contributed by atoms with Gasteiger partial charge in [-0.25, -0.2) is 4.98 Å². The molecule has 1 fully saturated rings.